The molecule has 1 N–H and O–H groups in total. The second kappa shape index (κ2) is 9.26. The van der Waals surface area contributed by atoms with E-state index in [1.165, 1.54) is 6.07 Å². The Hall–Kier alpha value is -3.02. The van der Waals surface area contributed by atoms with E-state index in [-0.39, 0.29) is 24.1 Å². The van der Waals surface area contributed by atoms with Gasteiger partial charge >= 0.3 is 0 Å². The summed E-state index contributed by atoms with van der Waals surface area (Å²) in [7, 11) is 0. The van der Waals surface area contributed by atoms with E-state index in [2.05, 4.69) is 15.4 Å². The van der Waals surface area contributed by atoms with Crippen molar-refractivity contribution in [3.8, 4) is 0 Å². The first-order valence-electron chi connectivity index (χ1n) is 9.48. The van der Waals surface area contributed by atoms with Crippen LogP contribution in [-0.2, 0) is 11.3 Å². The van der Waals surface area contributed by atoms with Gasteiger partial charge in [0, 0.05) is 25.4 Å². The number of nitrogens with one attached hydrogen (secondary N) is 1. The van der Waals surface area contributed by atoms with E-state index in [9.17, 15) is 9.18 Å². The SMILES string of the molecule is Cc1nc(C)n(CCCNC(=O)CC(c2ccccc2)c2ccccc2F)n1. The number of aromatic nitrogens is 3. The van der Waals surface area contributed by atoms with Gasteiger partial charge in [-0.05, 0) is 37.5 Å². The summed E-state index contributed by atoms with van der Waals surface area (Å²) in [6, 6.07) is 16.2. The lowest BCUT2D eigenvalue weighted by Crippen LogP contribution is -2.27. The highest BCUT2D eigenvalue weighted by atomic mass is 19.1. The van der Waals surface area contributed by atoms with Gasteiger partial charge < -0.3 is 5.32 Å². The smallest absolute Gasteiger partial charge is 0.220 e. The maximum atomic E-state index is 14.4. The van der Waals surface area contributed by atoms with Crippen LogP contribution in [0, 0.1) is 19.7 Å². The van der Waals surface area contributed by atoms with Crippen LogP contribution in [-0.4, -0.2) is 27.2 Å². The molecule has 6 heteroatoms. The van der Waals surface area contributed by atoms with Crippen molar-refractivity contribution in [3.63, 3.8) is 0 Å². The van der Waals surface area contributed by atoms with Crippen LogP contribution in [0.3, 0.4) is 0 Å². The van der Waals surface area contributed by atoms with Crippen molar-refractivity contribution in [3.05, 3.63) is 83.2 Å². The molecule has 0 spiro atoms. The predicted molar refractivity (Wildman–Crippen MR) is 106 cm³/mol. The molecule has 1 atom stereocenters. The number of carbonyl (C=O) groups is 1. The van der Waals surface area contributed by atoms with E-state index in [0.717, 1.165) is 23.6 Å². The summed E-state index contributed by atoms with van der Waals surface area (Å²) >= 11 is 0. The van der Waals surface area contributed by atoms with Gasteiger partial charge in [0.1, 0.15) is 17.5 Å². The molecule has 3 rings (SSSR count). The lowest BCUT2D eigenvalue weighted by atomic mass is 9.88. The molecule has 0 saturated heterocycles. The Labute approximate surface area is 164 Å². The third kappa shape index (κ3) is 5.03. The summed E-state index contributed by atoms with van der Waals surface area (Å²) in [5.41, 5.74) is 1.47. The Morgan fingerprint density at radius 1 is 1.11 bits per heavy atom. The molecule has 5 nitrogen and oxygen atoms in total. The van der Waals surface area contributed by atoms with Gasteiger partial charge in [0.15, 0.2) is 0 Å². The van der Waals surface area contributed by atoms with Gasteiger partial charge in [-0.15, -0.1) is 0 Å². The lowest BCUT2D eigenvalue weighted by molar-refractivity contribution is -0.121. The highest BCUT2D eigenvalue weighted by molar-refractivity contribution is 5.77. The Balaban J connectivity index is 1.60. The van der Waals surface area contributed by atoms with Crippen molar-refractivity contribution in [2.45, 2.75) is 39.2 Å². The molecule has 28 heavy (non-hydrogen) atoms. The topological polar surface area (TPSA) is 59.8 Å². The normalized spacial score (nSPS) is 12.0. The van der Waals surface area contributed by atoms with Crippen LogP contribution < -0.4 is 5.32 Å². The van der Waals surface area contributed by atoms with Crippen LogP contribution in [0.4, 0.5) is 4.39 Å². The largest absolute Gasteiger partial charge is 0.356 e. The fraction of sp³-hybridized carbons (Fsp3) is 0.318. The van der Waals surface area contributed by atoms with Crippen LogP contribution in [0.5, 0.6) is 0 Å². The van der Waals surface area contributed by atoms with Crippen molar-refractivity contribution in [1.82, 2.24) is 20.1 Å². The highest BCUT2D eigenvalue weighted by Gasteiger charge is 2.20. The maximum Gasteiger partial charge on any atom is 0.220 e. The van der Waals surface area contributed by atoms with Crippen molar-refractivity contribution in [1.29, 1.82) is 0 Å². The van der Waals surface area contributed by atoms with E-state index in [4.69, 9.17) is 0 Å². The third-order valence-electron chi connectivity index (χ3n) is 4.70. The summed E-state index contributed by atoms with van der Waals surface area (Å²) in [5.74, 6) is 0.914. The summed E-state index contributed by atoms with van der Waals surface area (Å²) in [4.78, 5) is 16.8. The van der Waals surface area contributed by atoms with E-state index in [1.807, 2.05) is 48.9 Å². The second-order valence-electron chi connectivity index (χ2n) is 6.82. The van der Waals surface area contributed by atoms with Crippen LogP contribution in [0.1, 0.15) is 41.5 Å². The number of aryl methyl sites for hydroxylation is 3. The van der Waals surface area contributed by atoms with E-state index in [1.54, 1.807) is 18.2 Å². The van der Waals surface area contributed by atoms with Crippen molar-refractivity contribution in [2.24, 2.45) is 0 Å². The standard InChI is InChI=1S/C22H25FN4O/c1-16-25-17(2)27(26-16)14-8-13-24-22(28)15-20(18-9-4-3-5-10-18)19-11-6-7-12-21(19)23/h3-7,9-12,20H,8,13-15H2,1-2H3,(H,24,28). The van der Waals surface area contributed by atoms with Gasteiger partial charge in [-0.3, -0.25) is 9.48 Å². The number of carbonyl (C=O) groups excluding carboxylic acids is 1. The number of hydrogen-bond donors (Lipinski definition) is 1. The number of hydrogen-bond acceptors (Lipinski definition) is 3. The first-order valence-corrected chi connectivity index (χ1v) is 9.48. The quantitative estimate of drug-likeness (QED) is 0.605. The van der Waals surface area contributed by atoms with Gasteiger partial charge in [-0.25, -0.2) is 9.37 Å². The highest BCUT2D eigenvalue weighted by Crippen LogP contribution is 2.29. The summed E-state index contributed by atoms with van der Waals surface area (Å²) < 4.78 is 16.2. The van der Waals surface area contributed by atoms with Crippen LogP contribution >= 0.6 is 0 Å². The molecular formula is C22H25FN4O. The molecule has 0 radical (unpaired) electrons. The fourth-order valence-electron chi connectivity index (χ4n) is 3.34. The Bertz CT molecular complexity index is 923. The Morgan fingerprint density at radius 2 is 1.82 bits per heavy atom. The minimum absolute atomic E-state index is 0.0939. The number of halogens is 1. The molecule has 3 aromatic rings. The molecule has 0 saturated carbocycles. The average molecular weight is 380 g/mol. The van der Waals surface area contributed by atoms with Crippen molar-refractivity contribution in [2.75, 3.05) is 6.54 Å². The van der Waals surface area contributed by atoms with Gasteiger partial charge in [0.2, 0.25) is 5.91 Å². The van der Waals surface area contributed by atoms with Crippen molar-refractivity contribution < 1.29 is 9.18 Å². The van der Waals surface area contributed by atoms with Crippen molar-refractivity contribution >= 4 is 5.91 Å². The predicted octanol–water partition coefficient (Wildman–Crippen LogP) is 3.76. The number of benzene rings is 2. The molecule has 1 amide bonds. The Morgan fingerprint density at radius 3 is 2.50 bits per heavy atom. The second-order valence-corrected chi connectivity index (χ2v) is 6.82. The molecule has 0 aliphatic carbocycles. The molecule has 1 aromatic heterocycles. The summed E-state index contributed by atoms with van der Waals surface area (Å²) in [6.45, 7) is 5.01. The number of nitrogens with zero attached hydrogens (tertiary/aromatic N) is 3. The maximum absolute atomic E-state index is 14.4. The first kappa shape index (κ1) is 19.7. The summed E-state index contributed by atoms with van der Waals surface area (Å²) in [5, 5.41) is 7.26. The molecule has 1 heterocycles. The lowest BCUT2D eigenvalue weighted by Gasteiger charge is -2.18. The first-order chi connectivity index (χ1) is 13.5. The zero-order chi connectivity index (χ0) is 19.9. The minimum atomic E-state index is -0.317. The van der Waals surface area contributed by atoms with Gasteiger partial charge in [0.25, 0.3) is 0 Å². The van der Waals surface area contributed by atoms with Crippen LogP contribution in [0.2, 0.25) is 0 Å². The third-order valence-corrected chi connectivity index (χ3v) is 4.70. The molecule has 0 bridgehead atoms. The zero-order valence-electron chi connectivity index (χ0n) is 16.2. The molecular weight excluding hydrogens is 355 g/mol. The van der Waals surface area contributed by atoms with Gasteiger partial charge in [-0.1, -0.05) is 48.5 Å². The van der Waals surface area contributed by atoms with Gasteiger partial charge in [0.05, 0.1) is 0 Å². The fourth-order valence-corrected chi connectivity index (χ4v) is 3.34. The number of amides is 1. The monoisotopic (exact) mass is 380 g/mol. The van der Waals surface area contributed by atoms with Gasteiger partial charge in [-0.2, -0.15) is 5.10 Å². The minimum Gasteiger partial charge on any atom is -0.356 e. The zero-order valence-corrected chi connectivity index (χ0v) is 16.2. The van der Waals surface area contributed by atoms with E-state index < -0.39 is 0 Å². The Kier molecular flexibility index (Phi) is 6.53. The molecule has 1 unspecified atom stereocenters. The molecule has 0 fully saturated rings. The average Bonchev–Trinajstić information content (AvgIpc) is 3.02. The van der Waals surface area contributed by atoms with Crippen LogP contribution in [0.15, 0.2) is 54.6 Å². The molecule has 0 aliphatic rings. The molecule has 0 aliphatic heterocycles. The molecule has 146 valence electrons. The van der Waals surface area contributed by atoms with E-state index >= 15 is 0 Å². The summed E-state index contributed by atoms with van der Waals surface area (Å²) in [6.07, 6.45) is 0.956. The van der Waals surface area contributed by atoms with E-state index in [0.29, 0.717) is 18.7 Å². The van der Waals surface area contributed by atoms with Crippen LogP contribution in [0.25, 0.3) is 0 Å². The number of rotatable bonds is 8. The molecule has 2 aromatic carbocycles.